The van der Waals surface area contributed by atoms with E-state index < -0.39 is 3.93 Å². The second-order valence-corrected chi connectivity index (χ2v) is 6.25. The summed E-state index contributed by atoms with van der Waals surface area (Å²) in [6, 6.07) is 0. The Labute approximate surface area is 100 Å². The summed E-state index contributed by atoms with van der Waals surface area (Å²) in [5, 5.41) is 0. The molecule has 0 bridgehead atoms. The van der Waals surface area contributed by atoms with Gasteiger partial charge in [0, 0.05) is 10.3 Å². The summed E-state index contributed by atoms with van der Waals surface area (Å²) in [5.74, 6) is 0. The Balaban J connectivity index is 3.40. The van der Waals surface area contributed by atoms with Gasteiger partial charge in [-0.05, 0) is 29.0 Å². The molecule has 0 aromatic heterocycles. The zero-order valence-electron chi connectivity index (χ0n) is 7.12. The first-order chi connectivity index (χ1) is 5.45. The summed E-state index contributed by atoms with van der Waals surface area (Å²) >= 11 is 3.34. The Morgan fingerprint density at radius 1 is 1.33 bits per heavy atom. The Morgan fingerprint density at radius 2 is 1.92 bits per heavy atom. The molecule has 0 saturated carbocycles. The lowest BCUT2D eigenvalue weighted by atomic mass is 10.1. The quantitative estimate of drug-likeness (QED) is 0.341. The molecule has 0 aromatic carbocycles. The maximum Gasteiger partial charge on any atom is 0.297 e. The van der Waals surface area contributed by atoms with Gasteiger partial charge in [0.1, 0.15) is 0 Å². The smallest absolute Gasteiger partial charge is 0.195 e. The van der Waals surface area contributed by atoms with E-state index in [9.17, 15) is 8.78 Å². The number of hydrogen-bond acceptors (Lipinski definition) is 0. The topological polar surface area (TPSA) is 0 Å². The van der Waals surface area contributed by atoms with Crippen molar-refractivity contribution in [3.05, 3.63) is 0 Å². The molecular weight excluding hydrogens is 388 g/mol. The van der Waals surface area contributed by atoms with Crippen molar-refractivity contribution in [3.63, 3.8) is 0 Å². The maximum atomic E-state index is 12.5. The summed E-state index contributed by atoms with van der Waals surface area (Å²) in [7, 11) is 0. The Morgan fingerprint density at radius 3 is 2.33 bits per heavy atom. The fraction of sp³-hybridized carbons (Fsp3) is 1.00. The molecule has 0 aromatic rings. The highest BCUT2D eigenvalue weighted by Gasteiger charge is 2.26. The van der Waals surface area contributed by atoms with Crippen LogP contribution in [0.1, 0.15) is 39.0 Å². The molecule has 0 spiro atoms. The highest BCUT2D eigenvalue weighted by Crippen LogP contribution is 2.32. The molecule has 0 rings (SSSR count). The van der Waals surface area contributed by atoms with E-state index in [-0.39, 0.29) is 10.3 Å². The average Bonchev–Trinajstić information content (AvgIpc) is 1.84. The minimum atomic E-state index is -2.52. The Kier molecular flexibility index (Phi) is 7.47. The van der Waals surface area contributed by atoms with Gasteiger partial charge in [-0.2, -0.15) is 8.78 Å². The van der Waals surface area contributed by atoms with Crippen molar-refractivity contribution in [2.75, 3.05) is 0 Å². The number of halogens is 4. The molecule has 4 heteroatoms. The largest absolute Gasteiger partial charge is 0.297 e. The van der Waals surface area contributed by atoms with Gasteiger partial charge in [-0.3, -0.25) is 0 Å². The molecule has 0 aliphatic rings. The third kappa shape index (κ3) is 9.41. The van der Waals surface area contributed by atoms with Crippen LogP contribution in [0.2, 0.25) is 0 Å². The van der Waals surface area contributed by atoms with Crippen LogP contribution in [0.5, 0.6) is 0 Å². The molecular formula is C8H14F2I2. The van der Waals surface area contributed by atoms with E-state index in [1.807, 2.05) is 0 Å². The van der Waals surface area contributed by atoms with Crippen molar-refractivity contribution in [3.8, 4) is 0 Å². The molecule has 12 heavy (non-hydrogen) atoms. The number of rotatable bonds is 6. The number of unbranched alkanes of at least 4 members (excludes halogenated alkanes) is 2. The van der Waals surface area contributed by atoms with E-state index in [4.69, 9.17) is 0 Å². The van der Waals surface area contributed by atoms with Gasteiger partial charge in [0.2, 0.25) is 0 Å². The van der Waals surface area contributed by atoms with E-state index in [1.165, 1.54) is 22.6 Å². The van der Waals surface area contributed by atoms with Gasteiger partial charge in [0.25, 0.3) is 3.93 Å². The van der Waals surface area contributed by atoms with Crippen LogP contribution in [-0.2, 0) is 0 Å². The summed E-state index contributed by atoms with van der Waals surface area (Å²) in [6.07, 6.45) is 4.33. The molecule has 1 unspecified atom stereocenters. The SMILES string of the molecule is CCCCCC(I)CC(F)(F)I. The Hall–Kier alpha value is 1.32. The summed E-state index contributed by atoms with van der Waals surface area (Å²) in [4.78, 5) is 0. The minimum absolute atomic E-state index is 0.0117. The fourth-order valence-electron chi connectivity index (χ4n) is 0.969. The van der Waals surface area contributed by atoms with E-state index in [0.717, 1.165) is 25.7 Å². The Bertz CT molecular complexity index is 112. The first kappa shape index (κ1) is 13.3. The van der Waals surface area contributed by atoms with Crippen molar-refractivity contribution in [2.24, 2.45) is 0 Å². The molecule has 0 fully saturated rings. The van der Waals surface area contributed by atoms with Gasteiger partial charge in [-0.25, -0.2) is 0 Å². The fourth-order valence-corrected chi connectivity index (χ4v) is 3.34. The summed E-state index contributed by atoms with van der Waals surface area (Å²) < 4.78 is 22.5. The highest BCUT2D eigenvalue weighted by atomic mass is 127. The normalized spacial score (nSPS) is 14.8. The van der Waals surface area contributed by atoms with Crippen molar-refractivity contribution >= 4 is 45.2 Å². The van der Waals surface area contributed by atoms with Crippen molar-refractivity contribution < 1.29 is 8.78 Å². The van der Waals surface area contributed by atoms with Gasteiger partial charge in [0.15, 0.2) is 0 Å². The van der Waals surface area contributed by atoms with Crippen LogP contribution in [-0.4, -0.2) is 7.85 Å². The van der Waals surface area contributed by atoms with E-state index in [2.05, 4.69) is 29.5 Å². The molecule has 0 aliphatic heterocycles. The minimum Gasteiger partial charge on any atom is -0.195 e. The first-order valence-electron chi connectivity index (χ1n) is 4.16. The van der Waals surface area contributed by atoms with E-state index in [1.54, 1.807) is 0 Å². The van der Waals surface area contributed by atoms with Crippen LogP contribution in [0.15, 0.2) is 0 Å². The average molecular weight is 402 g/mol. The maximum absolute atomic E-state index is 12.5. The second kappa shape index (κ2) is 6.73. The first-order valence-corrected chi connectivity index (χ1v) is 6.49. The molecule has 0 amide bonds. The third-order valence-electron chi connectivity index (χ3n) is 1.57. The summed E-state index contributed by atoms with van der Waals surface area (Å²) in [6.45, 7) is 2.12. The van der Waals surface area contributed by atoms with Gasteiger partial charge in [-0.15, -0.1) is 0 Å². The predicted molar refractivity (Wildman–Crippen MR) is 65.5 cm³/mol. The predicted octanol–water partition coefficient (Wildman–Crippen LogP) is 4.79. The van der Waals surface area contributed by atoms with Crippen molar-refractivity contribution in [1.29, 1.82) is 0 Å². The molecule has 0 heterocycles. The highest BCUT2D eigenvalue weighted by molar-refractivity contribution is 14.1. The van der Waals surface area contributed by atoms with E-state index >= 15 is 0 Å². The summed E-state index contributed by atoms with van der Waals surface area (Å²) in [5.41, 5.74) is 0. The standard InChI is InChI=1S/C8H14F2I2/c1-2-3-4-5-7(11)6-8(9,10)12/h7H,2-6H2,1H3. The lowest BCUT2D eigenvalue weighted by Crippen LogP contribution is -2.12. The van der Waals surface area contributed by atoms with Crippen LogP contribution in [0, 0.1) is 0 Å². The van der Waals surface area contributed by atoms with Gasteiger partial charge < -0.3 is 0 Å². The van der Waals surface area contributed by atoms with Crippen LogP contribution < -0.4 is 0 Å². The third-order valence-corrected chi connectivity index (χ3v) is 3.08. The van der Waals surface area contributed by atoms with Gasteiger partial charge >= 0.3 is 0 Å². The van der Waals surface area contributed by atoms with Crippen LogP contribution in [0.3, 0.4) is 0 Å². The van der Waals surface area contributed by atoms with Crippen molar-refractivity contribution in [2.45, 2.75) is 46.9 Å². The lowest BCUT2D eigenvalue weighted by molar-refractivity contribution is 0.116. The van der Waals surface area contributed by atoms with Gasteiger partial charge in [0.05, 0.1) is 0 Å². The van der Waals surface area contributed by atoms with Crippen molar-refractivity contribution in [1.82, 2.24) is 0 Å². The molecule has 0 radical (unpaired) electrons. The van der Waals surface area contributed by atoms with Crippen LogP contribution >= 0.6 is 45.2 Å². The van der Waals surface area contributed by atoms with Gasteiger partial charge in [-0.1, -0.05) is 48.8 Å². The molecule has 0 aliphatic carbocycles. The number of alkyl halides is 4. The molecule has 0 saturated heterocycles. The lowest BCUT2D eigenvalue weighted by Gasteiger charge is -2.13. The monoisotopic (exact) mass is 402 g/mol. The zero-order chi connectivity index (χ0) is 9.61. The van der Waals surface area contributed by atoms with Crippen LogP contribution in [0.4, 0.5) is 8.78 Å². The number of hydrogen-bond donors (Lipinski definition) is 0. The second-order valence-electron chi connectivity index (χ2n) is 2.91. The molecule has 1 atom stereocenters. The molecule has 0 nitrogen and oxygen atoms in total. The molecule has 74 valence electrons. The zero-order valence-corrected chi connectivity index (χ0v) is 11.4. The van der Waals surface area contributed by atoms with E-state index in [0.29, 0.717) is 0 Å². The molecule has 0 N–H and O–H groups in total. The van der Waals surface area contributed by atoms with Crippen LogP contribution in [0.25, 0.3) is 0 Å².